The maximum atomic E-state index is 12.5. The minimum atomic E-state index is -0.353. The molecule has 0 unspecified atom stereocenters. The molecule has 1 saturated carbocycles. The van der Waals surface area contributed by atoms with Crippen LogP contribution in [0.3, 0.4) is 0 Å². The number of anilines is 1. The van der Waals surface area contributed by atoms with Crippen LogP contribution in [0.1, 0.15) is 37.7 Å². The number of carbonyl (C=O) groups is 1. The molecule has 4 heteroatoms. The van der Waals surface area contributed by atoms with E-state index in [1.54, 1.807) is 0 Å². The number of epoxide rings is 1. The second-order valence-electron chi connectivity index (χ2n) is 6.04. The fourth-order valence-corrected chi connectivity index (χ4v) is 3.58. The molecule has 3 aliphatic rings. The molecule has 20 heavy (non-hydrogen) atoms. The highest BCUT2D eigenvalue weighted by Crippen LogP contribution is 2.51. The molecule has 1 spiro atoms. The fraction of sp³-hybridized carbons (Fsp3) is 0.562. The summed E-state index contributed by atoms with van der Waals surface area (Å²) in [5.74, 6) is 1.02. The molecule has 1 amide bonds. The Morgan fingerprint density at radius 1 is 1.30 bits per heavy atom. The highest BCUT2D eigenvalue weighted by atomic mass is 16.6. The molecule has 1 N–H and O–H groups in total. The van der Waals surface area contributed by atoms with E-state index in [0.717, 1.165) is 49.3 Å². The van der Waals surface area contributed by atoms with Crippen LogP contribution in [0.5, 0.6) is 5.75 Å². The van der Waals surface area contributed by atoms with Crippen molar-refractivity contribution in [3.63, 3.8) is 0 Å². The zero-order valence-corrected chi connectivity index (χ0v) is 11.5. The van der Waals surface area contributed by atoms with Gasteiger partial charge in [0.15, 0.2) is 0 Å². The minimum absolute atomic E-state index is 0.158. The molecule has 4 nitrogen and oxygen atoms in total. The maximum Gasteiger partial charge on any atom is 0.235 e. The van der Waals surface area contributed by atoms with E-state index in [1.807, 2.05) is 18.2 Å². The van der Waals surface area contributed by atoms with Gasteiger partial charge in [0.25, 0.3) is 0 Å². The standard InChI is InChI=1S/C16H19NO3/c18-15-16(7-2-1-3-8-16)14-12(17-15)5-4-6-13(14)20-10-11-9-19-11/h4-6,11H,1-3,7-10H2,(H,17,18)/t11-/m0/s1. The van der Waals surface area contributed by atoms with E-state index in [9.17, 15) is 4.79 Å². The van der Waals surface area contributed by atoms with Gasteiger partial charge in [-0.15, -0.1) is 0 Å². The largest absolute Gasteiger partial charge is 0.490 e. The van der Waals surface area contributed by atoms with Gasteiger partial charge < -0.3 is 14.8 Å². The van der Waals surface area contributed by atoms with Crippen molar-refractivity contribution in [2.75, 3.05) is 18.5 Å². The molecule has 1 aromatic rings. The molecule has 1 aliphatic carbocycles. The Bertz CT molecular complexity index is 545. The Morgan fingerprint density at radius 2 is 2.10 bits per heavy atom. The third kappa shape index (κ3) is 1.82. The van der Waals surface area contributed by atoms with Crippen molar-refractivity contribution in [2.45, 2.75) is 43.6 Å². The second kappa shape index (κ2) is 4.48. The van der Waals surface area contributed by atoms with Gasteiger partial charge in [0, 0.05) is 11.3 Å². The zero-order valence-electron chi connectivity index (χ0n) is 11.5. The fourth-order valence-electron chi connectivity index (χ4n) is 3.58. The van der Waals surface area contributed by atoms with E-state index >= 15 is 0 Å². The van der Waals surface area contributed by atoms with Crippen LogP contribution in [0.15, 0.2) is 18.2 Å². The average molecular weight is 273 g/mol. The summed E-state index contributed by atoms with van der Waals surface area (Å²) in [6.45, 7) is 1.37. The topological polar surface area (TPSA) is 50.9 Å². The van der Waals surface area contributed by atoms with E-state index in [4.69, 9.17) is 9.47 Å². The third-order valence-electron chi connectivity index (χ3n) is 4.72. The Balaban J connectivity index is 1.72. The van der Waals surface area contributed by atoms with E-state index in [-0.39, 0.29) is 17.4 Å². The Morgan fingerprint density at radius 3 is 2.85 bits per heavy atom. The molecule has 4 rings (SSSR count). The summed E-state index contributed by atoms with van der Waals surface area (Å²) in [6, 6.07) is 5.92. The van der Waals surface area contributed by atoms with Crippen molar-refractivity contribution in [1.29, 1.82) is 0 Å². The SMILES string of the molecule is O=C1Nc2cccc(OC[C@@H]3CO3)c2C12CCCCC2. The van der Waals surface area contributed by atoms with Gasteiger partial charge in [-0.25, -0.2) is 0 Å². The van der Waals surface area contributed by atoms with Crippen molar-refractivity contribution in [3.8, 4) is 5.75 Å². The van der Waals surface area contributed by atoms with Gasteiger partial charge in [-0.1, -0.05) is 25.3 Å². The van der Waals surface area contributed by atoms with E-state index in [0.29, 0.717) is 6.61 Å². The monoisotopic (exact) mass is 273 g/mol. The van der Waals surface area contributed by atoms with E-state index < -0.39 is 0 Å². The predicted molar refractivity (Wildman–Crippen MR) is 75.1 cm³/mol. The molecular formula is C16H19NO3. The lowest BCUT2D eigenvalue weighted by Crippen LogP contribution is -2.36. The highest BCUT2D eigenvalue weighted by Gasteiger charge is 2.49. The summed E-state index contributed by atoms with van der Waals surface area (Å²) in [6.07, 6.45) is 5.57. The molecule has 0 aromatic heterocycles. The molecule has 2 aliphatic heterocycles. The summed E-state index contributed by atoms with van der Waals surface area (Å²) in [7, 11) is 0. The Hall–Kier alpha value is -1.55. The number of hydrogen-bond acceptors (Lipinski definition) is 3. The van der Waals surface area contributed by atoms with Crippen molar-refractivity contribution in [2.24, 2.45) is 0 Å². The predicted octanol–water partition coefficient (Wildman–Crippen LogP) is 2.62. The molecule has 1 atom stereocenters. The van der Waals surface area contributed by atoms with E-state index in [1.165, 1.54) is 6.42 Å². The molecule has 2 heterocycles. The van der Waals surface area contributed by atoms with Crippen LogP contribution in [-0.4, -0.2) is 25.2 Å². The first-order chi connectivity index (χ1) is 9.79. The summed E-state index contributed by atoms with van der Waals surface area (Å²) < 4.78 is 11.1. The molecule has 2 fully saturated rings. The van der Waals surface area contributed by atoms with Gasteiger partial charge >= 0.3 is 0 Å². The van der Waals surface area contributed by atoms with Crippen molar-refractivity contribution >= 4 is 11.6 Å². The van der Waals surface area contributed by atoms with Crippen molar-refractivity contribution < 1.29 is 14.3 Å². The van der Waals surface area contributed by atoms with Gasteiger partial charge in [-0.3, -0.25) is 4.79 Å². The molecule has 0 bridgehead atoms. The number of rotatable bonds is 3. The lowest BCUT2D eigenvalue weighted by molar-refractivity contribution is -0.122. The number of hydrogen-bond donors (Lipinski definition) is 1. The molecule has 1 aromatic carbocycles. The molecular weight excluding hydrogens is 254 g/mol. The Labute approximate surface area is 118 Å². The van der Waals surface area contributed by atoms with Gasteiger partial charge in [-0.05, 0) is 25.0 Å². The highest BCUT2D eigenvalue weighted by molar-refractivity contribution is 6.07. The number of ether oxygens (including phenoxy) is 2. The first kappa shape index (κ1) is 12.2. The maximum absolute atomic E-state index is 12.5. The van der Waals surface area contributed by atoms with Crippen molar-refractivity contribution in [3.05, 3.63) is 23.8 Å². The first-order valence-corrected chi connectivity index (χ1v) is 7.49. The number of fused-ring (bicyclic) bond motifs is 2. The normalized spacial score (nSPS) is 26.2. The van der Waals surface area contributed by atoms with Gasteiger partial charge in [0.05, 0.1) is 12.0 Å². The van der Waals surface area contributed by atoms with E-state index in [2.05, 4.69) is 5.32 Å². The lowest BCUT2D eigenvalue weighted by Gasteiger charge is -2.32. The van der Waals surface area contributed by atoms with Crippen LogP contribution in [0, 0.1) is 0 Å². The summed E-state index contributed by atoms with van der Waals surface area (Å²) >= 11 is 0. The van der Waals surface area contributed by atoms with Gasteiger partial charge in [0.1, 0.15) is 18.5 Å². The number of nitrogens with one attached hydrogen (secondary N) is 1. The number of amides is 1. The zero-order chi connectivity index (χ0) is 13.6. The van der Waals surface area contributed by atoms with Gasteiger partial charge in [0.2, 0.25) is 5.91 Å². The minimum Gasteiger partial charge on any atom is -0.490 e. The van der Waals surface area contributed by atoms with Crippen LogP contribution in [-0.2, 0) is 14.9 Å². The molecule has 1 saturated heterocycles. The lowest BCUT2D eigenvalue weighted by atomic mass is 9.70. The van der Waals surface area contributed by atoms with Crippen LogP contribution in [0.4, 0.5) is 5.69 Å². The Kier molecular flexibility index (Phi) is 2.74. The number of carbonyl (C=O) groups excluding carboxylic acids is 1. The van der Waals surface area contributed by atoms with Crippen LogP contribution < -0.4 is 10.1 Å². The third-order valence-corrected chi connectivity index (χ3v) is 4.72. The van der Waals surface area contributed by atoms with Crippen molar-refractivity contribution in [1.82, 2.24) is 0 Å². The van der Waals surface area contributed by atoms with Crippen LogP contribution in [0.25, 0.3) is 0 Å². The van der Waals surface area contributed by atoms with Crippen LogP contribution in [0.2, 0.25) is 0 Å². The first-order valence-electron chi connectivity index (χ1n) is 7.49. The summed E-state index contributed by atoms with van der Waals surface area (Å²) in [5.41, 5.74) is 1.67. The number of benzene rings is 1. The summed E-state index contributed by atoms with van der Waals surface area (Å²) in [4.78, 5) is 12.5. The molecule has 0 radical (unpaired) electrons. The smallest absolute Gasteiger partial charge is 0.235 e. The summed E-state index contributed by atoms with van der Waals surface area (Å²) in [5, 5.41) is 3.05. The second-order valence-corrected chi connectivity index (χ2v) is 6.04. The van der Waals surface area contributed by atoms with Gasteiger partial charge in [-0.2, -0.15) is 0 Å². The van der Waals surface area contributed by atoms with Crippen LogP contribution >= 0.6 is 0 Å². The molecule has 106 valence electrons. The average Bonchev–Trinajstić information content (AvgIpc) is 3.26. The quantitative estimate of drug-likeness (QED) is 0.861.